The minimum Gasteiger partial charge on any atom is -0.334 e. The van der Waals surface area contributed by atoms with Gasteiger partial charge in [0.1, 0.15) is 0 Å². The Hall–Kier alpha value is -1.73. The zero-order valence-electron chi connectivity index (χ0n) is 11.4. The van der Waals surface area contributed by atoms with Crippen molar-refractivity contribution >= 4 is 23.1 Å². The van der Waals surface area contributed by atoms with Crippen LogP contribution in [0.3, 0.4) is 0 Å². The molecule has 0 unspecified atom stereocenters. The summed E-state index contributed by atoms with van der Waals surface area (Å²) in [5.74, 6) is -0.974. The molecule has 2 aromatic heterocycles. The van der Waals surface area contributed by atoms with Crippen LogP contribution < -0.4 is 0 Å². The van der Waals surface area contributed by atoms with Crippen LogP contribution in [0.1, 0.15) is 5.82 Å². The number of imidazole rings is 1. The maximum Gasteiger partial charge on any atom is 0.449 e. The Morgan fingerprint density at radius 3 is 2.36 bits per heavy atom. The number of nitrogens with zero attached hydrogens (tertiary/aromatic N) is 1. The van der Waals surface area contributed by atoms with E-state index in [-0.39, 0.29) is 0 Å². The number of H-pyrrole nitrogens is 1. The second-order valence-electron chi connectivity index (χ2n) is 4.55. The highest BCUT2D eigenvalue weighted by molar-refractivity contribution is 7.98. The van der Waals surface area contributed by atoms with E-state index >= 15 is 0 Å². The van der Waals surface area contributed by atoms with Crippen LogP contribution in [0, 0.1) is 0 Å². The quantitative estimate of drug-likeness (QED) is 0.634. The number of benzene rings is 1. The Bertz CT molecular complexity index is 759. The molecule has 3 aromatic rings. The zero-order chi connectivity index (χ0) is 15.7. The van der Waals surface area contributed by atoms with E-state index in [2.05, 4.69) is 9.97 Å². The van der Waals surface area contributed by atoms with Gasteiger partial charge in [-0.3, -0.25) is 0 Å². The fourth-order valence-corrected chi connectivity index (χ4v) is 3.13. The van der Waals surface area contributed by atoms with Gasteiger partial charge in [-0.2, -0.15) is 24.5 Å². The Kier molecular flexibility index (Phi) is 4.01. The first-order chi connectivity index (χ1) is 10.5. The highest BCUT2D eigenvalue weighted by Gasteiger charge is 2.36. The lowest BCUT2D eigenvalue weighted by Crippen LogP contribution is -2.07. The molecule has 2 heterocycles. The number of rotatable bonds is 3. The average Bonchev–Trinajstić information content (AvgIpc) is 3.15. The topological polar surface area (TPSA) is 28.7 Å². The van der Waals surface area contributed by atoms with Crippen LogP contribution in [0.4, 0.5) is 13.2 Å². The van der Waals surface area contributed by atoms with Gasteiger partial charge in [0.05, 0.1) is 11.4 Å². The van der Waals surface area contributed by atoms with Gasteiger partial charge in [-0.15, -0.1) is 11.8 Å². The van der Waals surface area contributed by atoms with Crippen molar-refractivity contribution in [2.24, 2.45) is 0 Å². The first-order valence-corrected chi connectivity index (χ1v) is 8.50. The summed E-state index contributed by atoms with van der Waals surface area (Å²) in [7, 11) is 0. The van der Waals surface area contributed by atoms with Crippen molar-refractivity contribution in [2.75, 3.05) is 6.26 Å². The predicted molar refractivity (Wildman–Crippen MR) is 84.1 cm³/mol. The molecule has 0 saturated carbocycles. The number of thioether (sulfide) groups is 1. The van der Waals surface area contributed by atoms with Gasteiger partial charge in [-0.1, -0.05) is 12.1 Å². The lowest BCUT2D eigenvalue weighted by atomic mass is 10.1. The molecule has 0 bridgehead atoms. The van der Waals surface area contributed by atoms with E-state index in [4.69, 9.17) is 0 Å². The molecule has 0 atom stereocenters. The van der Waals surface area contributed by atoms with Crippen molar-refractivity contribution in [2.45, 2.75) is 11.1 Å². The van der Waals surface area contributed by atoms with Gasteiger partial charge in [0.25, 0.3) is 0 Å². The molecular weight excluding hydrogens is 329 g/mol. The van der Waals surface area contributed by atoms with Crippen molar-refractivity contribution in [1.82, 2.24) is 9.97 Å². The molecule has 1 N–H and O–H groups in total. The lowest BCUT2D eigenvalue weighted by Gasteiger charge is -2.03. The van der Waals surface area contributed by atoms with Gasteiger partial charge in [0, 0.05) is 21.4 Å². The molecule has 0 saturated heterocycles. The van der Waals surface area contributed by atoms with E-state index in [1.54, 1.807) is 35.3 Å². The largest absolute Gasteiger partial charge is 0.449 e. The second kappa shape index (κ2) is 5.81. The number of thiophene rings is 1. The van der Waals surface area contributed by atoms with Crippen LogP contribution in [0.25, 0.3) is 22.5 Å². The zero-order valence-corrected chi connectivity index (χ0v) is 13.1. The molecular formula is C15H11F3N2S2. The maximum atomic E-state index is 13.0. The van der Waals surface area contributed by atoms with Crippen molar-refractivity contribution in [3.8, 4) is 22.5 Å². The van der Waals surface area contributed by atoms with E-state index < -0.39 is 12.0 Å². The third kappa shape index (κ3) is 2.91. The molecule has 0 amide bonds. The highest BCUT2D eigenvalue weighted by Crippen LogP contribution is 2.36. The number of aromatic nitrogens is 2. The fourth-order valence-electron chi connectivity index (χ4n) is 2.08. The molecule has 114 valence electrons. The number of hydrogen-bond donors (Lipinski definition) is 1. The molecule has 2 nitrogen and oxygen atoms in total. The summed E-state index contributed by atoms with van der Waals surface area (Å²) < 4.78 is 38.9. The van der Waals surface area contributed by atoms with E-state index in [0.717, 1.165) is 4.90 Å². The minimum atomic E-state index is -4.50. The number of alkyl halides is 3. The van der Waals surface area contributed by atoms with Gasteiger partial charge in [-0.05, 0) is 29.8 Å². The van der Waals surface area contributed by atoms with Crippen LogP contribution in [0.2, 0.25) is 0 Å². The Morgan fingerprint density at radius 1 is 1.09 bits per heavy atom. The first kappa shape index (κ1) is 15.2. The molecule has 1 aromatic carbocycles. The summed E-state index contributed by atoms with van der Waals surface area (Å²) in [5.41, 5.74) is 2.08. The number of aromatic amines is 1. The second-order valence-corrected chi connectivity index (χ2v) is 6.21. The molecule has 0 fully saturated rings. The normalized spacial score (nSPS) is 11.8. The smallest absolute Gasteiger partial charge is 0.334 e. The van der Waals surface area contributed by atoms with Crippen molar-refractivity contribution < 1.29 is 13.2 Å². The summed E-state index contributed by atoms with van der Waals surface area (Å²) >= 11 is 3.00. The van der Waals surface area contributed by atoms with Crippen LogP contribution in [-0.2, 0) is 6.18 Å². The molecule has 0 radical (unpaired) electrons. The van der Waals surface area contributed by atoms with Crippen LogP contribution in [-0.4, -0.2) is 16.2 Å². The van der Waals surface area contributed by atoms with Gasteiger partial charge in [-0.25, -0.2) is 4.98 Å². The maximum absolute atomic E-state index is 13.0. The highest BCUT2D eigenvalue weighted by atomic mass is 32.2. The Morgan fingerprint density at radius 2 is 1.82 bits per heavy atom. The SMILES string of the molecule is CSc1ccc(-c2[nH]c(C(F)(F)F)nc2-c2ccsc2)cc1. The summed E-state index contributed by atoms with van der Waals surface area (Å²) in [5, 5.41) is 3.61. The molecule has 22 heavy (non-hydrogen) atoms. The minimum absolute atomic E-state index is 0.325. The van der Waals surface area contributed by atoms with Crippen molar-refractivity contribution in [1.29, 1.82) is 0 Å². The van der Waals surface area contributed by atoms with Crippen molar-refractivity contribution in [3.05, 3.63) is 46.9 Å². The molecule has 0 aliphatic heterocycles. The Balaban J connectivity index is 2.14. The van der Waals surface area contributed by atoms with Gasteiger partial charge in [0.15, 0.2) is 0 Å². The fraction of sp³-hybridized carbons (Fsp3) is 0.133. The van der Waals surface area contributed by atoms with E-state index in [1.807, 2.05) is 23.8 Å². The summed E-state index contributed by atoms with van der Waals surface area (Å²) in [6.45, 7) is 0. The van der Waals surface area contributed by atoms with Gasteiger partial charge in [0.2, 0.25) is 5.82 Å². The standard InChI is InChI=1S/C15H11F3N2S2/c1-21-11-4-2-9(3-5-11)12-13(10-6-7-22-8-10)20-14(19-12)15(16,17)18/h2-8H,1H3,(H,19,20). The van der Waals surface area contributed by atoms with Gasteiger partial charge >= 0.3 is 6.18 Å². The molecule has 0 aliphatic rings. The van der Waals surface area contributed by atoms with E-state index in [0.29, 0.717) is 22.5 Å². The van der Waals surface area contributed by atoms with Crippen molar-refractivity contribution in [3.63, 3.8) is 0 Å². The van der Waals surface area contributed by atoms with E-state index in [1.165, 1.54) is 11.3 Å². The number of halogens is 3. The van der Waals surface area contributed by atoms with Crippen LogP contribution >= 0.6 is 23.1 Å². The lowest BCUT2D eigenvalue weighted by molar-refractivity contribution is -0.144. The summed E-state index contributed by atoms with van der Waals surface area (Å²) in [6, 6.07) is 9.13. The third-order valence-corrected chi connectivity index (χ3v) is 4.57. The van der Waals surface area contributed by atoms with Gasteiger partial charge < -0.3 is 4.98 Å². The molecule has 0 spiro atoms. The molecule has 3 rings (SSSR count). The predicted octanol–water partition coefficient (Wildman–Crippen LogP) is 5.55. The van der Waals surface area contributed by atoms with Crippen LogP contribution in [0.15, 0.2) is 46.0 Å². The number of nitrogens with one attached hydrogen (secondary N) is 1. The average molecular weight is 340 g/mol. The molecule has 0 aliphatic carbocycles. The third-order valence-electron chi connectivity index (χ3n) is 3.15. The summed E-state index contributed by atoms with van der Waals surface area (Å²) in [6.07, 6.45) is -2.55. The molecule has 7 heteroatoms. The number of hydrogen-bond acceptors (Lipinski definition) is 3. The van der Waals surface area contributed by atoms with E-state index in [9.17, 15) is 13.2 Å². The summed E-state index contributed by atoms with van der Waals surface area (Å²) in [4.78, 5) is 7.24. The first-order valence-electron chi connectivity index (χ1n) is 6.33. The van der Waals surface area contributed by atoms with Crippen LogP contribution in [0.5, 0.6) is 0 Å². The Labute approximate surface area is 133 Å². The monoisotopic (exact) mass is 340 g/mol.